The fourth-order valence-corrected chi connectivity index (χ4v) is 5.16. The lowest BCUT2D eigenvalue weighted by atomic mass is 9.97. The van der Waals surface area contributed by atoms with Crippen molar-refractivity contribution in [3.63, 3.8) is 0 Å². The van der Waals surface area contributed by atoms with Crippen LogP contribution in [0.2, 0.25) is 5.02 Å². The number of hydrogen-bond acceptors (Lipinski definition) is 7. The predicted octanol–water partition coefficient (Wildman–Crippen LogP) is 4.57. The molecule has 2 aliphatic heterocycles. The Labute approximate surface area is 225 Å². The topological polar surface area (TPSA) is 115 Å². The van der Waals surface area contributed by atoms with Crippen LogP contribution >= 0.6 is 11.6 Å². The van der Waals surface area contributed by atoms with Crippen LogP contribution in [-0.4, -0.2) is 68.2 Å². The number of para-hydroxylation sites is 1. The summed E-state index contributed by atoms with van der Waals surface area (Å²) in [6.45, 7) is 2.65. The Hall–Kier alpha value is -4.08. The molecular formula is C28H27ClN4O5. The molecule has 0 aliphatic carbocycles. The number of ether oxygens (including phenoxy) is 2. The molecule has 0 aromatic heterocycles. The van der Waals surface area contributed by atoms with Gasteiger partial charge in [-0.3, -0.25) is 4.79 Å². The van der Waals surface area contributed by atoms with Crippen molar-refractivity contribution in [2.24, 2.45) is 0 Å². The fourth-order valence-electron chi connectivity index (χ4n) is 4.86. The van der Waals surface area contributed by atoms with Gasteiger partial charge in [-0.05, 0) is 29.8 Å². The standard InChI is InChI=1S/C28H27ClN4O5/c1-31-23-8-7-21(25(29)22(23)14-30)27(34)33-15-18-3-2-4-19(26(18)38-16-33)17-5-6-20(28(35)36)24(13-17)32-9-11-37-12-10-32/h2-8,13-14,30-31H,9-12,15-16H2,1H3,(H,35,36). The van der Waals surface area contributed by atoms with Crippen molar-refractivity contribution < 1.29 is 24.2 Å². The molecule has 3 aromatic carbocycles. The minimum Gasteiger partial charge on any atom is -0.478 e. The third-order valence-electron chi connectivity index (χ3n) is 6.82. The van der Waals surface area contributed by atoms with Gasteiger partial charge in [-0.25, -0.2) is 4.79 Å². The van der Waals surface area contributed by atoms with Crippen LogP contribution < -0.4 is 15.0 Å². The van der Waals surface area contributed by atoms with E-state index in [0.29, 0.717) is 61.1 Å². The van der Waals surface area contributed by atoms with Crippen LogP contribution in [0.3, 0.4) is 0 Å². The van der Waals surface area contributed by atoms with E-state index in [-0.39, 0.29) is 23.2 Å². The Morgan fingerprint density at radius 1 is 1.11 bits per heavy atom. The number of nitrogens with zero attached hydrogens (tertiary/aromatic N) is 2. The van der Waals surface area contributed by atoms with E-state index in [1.165, 1.54) is 0 Å². The molecule has 38 heavy (non-hydrogen) atoms. The summed E-state index contributed by atoms with van der Waals surface area (Å²) < 4.78 is 11.6. The van der Waals surface area contributed by atoms with Gasteiger partial charge in [0.25, 0.3) is 5.91 Å². The second kappa shape index (κ2) is 10.7. The molecule has 2 aliphatic rings. The van der Waals surface area contributed by atoms with Gasteiger partial charge in [0.15, 0.2) is 6.73 Å². The molecule has 0 bridgehead atoms. The highest BCUT2D eigenvalue weighted by Crippen LogP contribution is 2.39. The molecule has 0 radical (unpaired) electrons. The monoisotopic (exact) mass is 534 g/mol. The number of hydrogen-bond donors (Lipinski definition) is 3. The number of anilines is 2. The number of carbonyl (C=O) groups is 2. The summed E-state index contributed by atoms with van der Waals surface area (Å²) in [5, 5.41) is 20.6. The van der Waals surface area contributed by atoms with Crippen LogP contribution in [0.5, 0.6) is 5.75 Å². The number of benzene rings is 3. The van der Waals surface area contributed by atoms with E-state index >= 15 is 0 Å². The first-order valence-corrected chi connectivity index (χ1v) is 12.6. The van der Waals surface area contributed by atoms with Gasteiger partial charge < -0.3 is 35.1 Å². The van der Waals surface area contributed by atoms with E-state index in [9.17, 15) is 14.7 Å². The van der Waals surface area contributed by atoms with Crippen molar-refractivity contribution in [1.82, 2.24) is 4.90 Å². The van der Waals surface area contributed by atoms with Crippen molar-refractivity contribution in [2.75, 3.05) is 50.3 Å². The number of morpholine rings is 1. The fraction of sp³-hybridized carbons (Fsp3) is 0.250. The summed E-state index contributed by atoms with van der Waals surface area (Å²) in [6, 6.07) is 14.4. The minimum absolute atomic E-state index is 0.0242. The average molecular weight is 535 g/mol. The number of halogens is 1. The lowest BCUT2D eigenvalue weighted by Crippen LogP contribution is -2.37. The second-order valence-corrected chi connectivity index (χ2v) is 9.37. The number of carboxylic acid groups (broad SMARTS) is 1. The molecule has 9 nitrogen and oxygen atoms in total. The first kappa shape index (κ1) is 25.6. The van der Waals surface area contributed by atoms with Crippen molar-refractivity contribution in [2.45, 2.75) is 6.54 Å². The molecule has 0 atom stereocenters. The Morgan fingerprint density at radius 2 is 1.87 bits per heavy atom. The van der Waals surface area contributed by atoms with E-state index in [2.05, 4.69) is 5.32 Å². The molecule has 5 rings (SSSR count). The first-order chi connectivity index (χ1) is 18.4. The number of nitrogens with one attached hydrogen (secondary N) is 2. The summed E-state index contributed by atoms with van der Waals surface area (Å²) in [4.78, 5) is 28.9. The Bertz CT molecular complexity index is 1420. The molecule has 3 aromatic rings. The highest BCUT2D eigenvalue weighted by atomic mass is 35.5. The average Bonchev–Trinajstić information content (AvgIpc) is 2.96. The van der Waals surface area contributed by atoms with Crippen molar-refractivity contribution in [3.8, 4) is 16.9 Å². The quantitative estimate of drug-likeness (QED) is 0.397. The van der Waals surface area contributed by atoms with Crippen LogP contribution in [0.1, 0.15) is 31.8 Å². The maximum Gasteiger partial charge on any atom is 0.337 e. The number of carbonyl (C=O) groups excluding carboxylic acids is 1. The number of aromatic carboxylic acids is 1. The third-order valence-corrected chi connectivity index (χ3v) is 7.23. The number of amides is 1. The molecule has 2 heterocycles. The van der Waals surface area contributed by atoms with Gasteiger partial charge in [-0.15, -0.1) is 0 Å². The Morgan fingerprint density at radius 3 is 2.58 bits per heavy atom. The SMILES string of the molecule is CNc1ccc(C(=O)N2COc3c(cccc3-c3ccc(C(=O)O)c(N4CCOCC4)c3)C2)c(Cl)c1C=N. The van der Waals surface area contributed by atoms with Crippen molar-refractivity contribution in [3.05, 3.63) is 75.8 Å². The molecule has 1 fully saturated rings. The van der Waals surface area contributed by atoms with E-state index in [0.717, 1.165) is 22.9 Å². The largest absolute Gasteiger partial charge is 0.478 e. The van der Waals surface area contributed by atoms with Crippen LogP contribution in [0.15, 0.2) is 48.5 Å². The van der Waals surface area contributed by atoms with E-state index in [1.54, 1.807) is 36.2 Å². The molecular weight excluding hydrogens is 508 g/mol. The highest BCUT2D eigenvalue weighted by molar-refractivity contribution is 6.36. The van der Waals surface area contributed by atoms with Gasteiger partial charge in [0.2, 0.25) is 0 Å². The summed E-state index contributed by atoms with van der Waals surface area (Å²) in [6.07, 6.45) is 1.13. The van der Waals surface area contributed by atoms with Gasteiger partial charge in [0.05, 0.1) is 41.6 Å². The van der Waals surface area contributed by atoms with Gasteiger partial charge in [-0.2, -0.15) is 0 Å². The van der Waals surface area contributed by atoms with Crippen LogP contribution in [0.4, 0.5) is 11.4 Å². The van der Waals surface area contributed by atoms with Gasteiger partial charge in [0.1, 0.15) is 5.75 Å². The Kier molecular flexibility index (Phi) is 7.22. The third kappa shape index (κ3) is 4.66. The summed E-state index contributed by atoms with van der Waals surface area (Å²) in [7, 11) is 1.73. The normalized spacial score (nSPS) is 14.9. The zero-order chi connectivity index (χ0) is 26.8. The maximum atomic E-state index is 13.4. The van der Waals surface area contributed by atoms with E-state index < -0.39 is 5.97 Å². The lowest BCUT2D eigenvalue weighted by molar-refractivity contribution is 0.0516. The van der Waals surface area contributed by atoms with E-state index in [1.807, 2.05) is 29.2 Å². The van der Waals surface area contributed by atoms with Crippen LogP contribution in [-0.2, 0) is 11.3 Å². The second-order valence-electron chi connectivity index (χ2n) is 8.99. The molecule has 3 N–H and O–H groups in total. The summed E-state index contributed by atoms with van der Waals surface area (Å²) in [5.74, 6) is -0.618. The van der Waals surface area contributed by atoms with Gasteiger partial charge in [-0.1, -0.05) is 35.9 Å². The molecule has 0 saturated carbocycles. The molecule has 0 spiro atoms. The zero-order valence-electron chi connectivity index (χ0n) is 20.8. The number of fused-ring (bicyclic) bond motifs is 1. The first-order valence-electron chi connectivity index (χ1n) is 12.2. The van der Waals surface area contributed by atoms with Crippen LogP contribution in [0.25, 0.3) is 11.1 Å². The lowest BCUT2D eigenvalue weighted by Gasteiger charge is -2.32. The molecule has 196 valence electrons. The smallest absolute Gasteiger partial charge is 0.337 e. The molecule has 1 saturated heterocycles. The van der Waals surface area contributed by atoms with Gasteiger partial charge in [0, 0.05) is 48.7 Å². The van der Waals surface area contributed by atoms with E-state index in [4.69, 9.17) is 26.5 Å². The van der Waals surface area contributed by atoms with Crippen LogP contribution in [0, 0.1) is 5.41 Å². The molecule has 1 amide bonds. The zero-order valence-corrected chi connectivity index (χ0v) is 21.5. The number of rotatable bonds is 6. The summed E-state index contributed by atoms with van der Waals surface area (Å²) >= 11 is 6.49. The molecule has 10 heteroatoms. The summed E-state index contributed by atoms with van der Waals surface area (Å²) in [5.41, 5.74) is 4.77. The highest BCUT2D eigenvalue weighted by Gasteiger charge is 2.28. The van der Waals surface area contributed by atoms with Gasteiger partial charge >= 0.3 is 5.97 Å². The minimum atomic E-state index is -0.980. The Balaban J connectivity index is 1.46. The number of carboxylic acids is 1. The van der Waals surface area contributed by atoms with Crippen molar-refractivity contribution >= 4 is 41.1 Å². The molecule has 0 unspecified atom stereocenters. The maximum absolute atomic E-state index is 13.4. The van der Waals surface area contributed by atoms with Crippen molar-refractivity contribution in [1.29, 1.82) is 5.41 Å². The predicted molar refractivity (Wildman–Crippen MR) is 146 cm³/mol.